The van der Waals surface area contributed by atoms with Crippen molar-refractivity contribution >= 4 is 17.2 Å². The van der Waals surface area contributed by atoms with Crippen LogP contribution in [-0.2, 0) is 17.9 Å². The van der Waals surface area contributed by atoms with Crippen molar-refractivity contribution in [2.45, 2.75) is 39.3 Å². The fourth-order valence-corrected chi connectivity index (χ4v) is 4.22. The lowest BCUT2D eigenvalue weighted by Gasteiger charge is -2.27. The zero-order chi connectivity index (χ0) is 14.6. The second kappa shape index (κ2) is 4.66. The standard InChI is InChI=1S/C15H18N4OS/c1-9-3-4-13(21-9)11-7-12(11)15(20)18-5-6-19-10(2)16-17-14(19)8-18/h3-4,11-12H,5-8H2,1-2H3/t11-,12-/m1/s1. The third-order valence-corrected chi connectivity index (χ3v) is 5.62. The first-order valence-electron chi connectivity index (χ1n) is 7.37. The molecular formula is C15H18N4OS. The lowest BCUT2D eigenvalue weighted by Crippen LogP contribution is -2.39. The molecule has 1 aliphatic heterocycles. The van der Waals surface area contributed by atoms with Crippen LogP contribution in [0.2, 0.25) is 0 Å². The minimum Gasteiger partial charge on any atom is -0.333 e. The molecule has 0 aromatic carbocycles. The molecule has 2 aliphatic rings. The van der Waals surface area contributed by atoms with Gasteiger partial charge < -0.3 is 9.47 Å². The Morgan fingerprint density at radius 2 is 2.14 bits per heavy atom. The van der Waals surface area contributed by atoms with Crippen LogP contribution in [0.15, 0.2) is 12.1 Å². The number of carbonyl (C=O) groups is 1. The van der Waals surface area contributed by atoms with Crippen molar-refractivity contribution in [3.63, 3.8) is 0 Å². The summed E-state index contributed by atoms with van der Waals surface area (Å²) in [6, 6.07) is 4.32. The quantitative estimate of drug-likeness (QED) is 0.853. The average Bonchev–Trinajstić information content (AvgIpc) is 3.04. The van der Waals surface area contributed by atoms with Crippen LogP contribution in [0.3, 0.4) is 0 Å². The van der Waals surface area contributed by atoms with Gasteiger partial charge in [0.1, 0.15) is 5.82 Å². The van der Waals surface area contributed by atoms with E-state index in [2.05, 4.69) is 33.8 Å². The second-order valence-electron chi connectivity index (χ2n) is 5.97. The number of hydrogen-bond donors (Lipinski definition) is 0. The molecular weight excluding hydrogens is 284 g/mol. The van der Waals surface area contributed by atoms with E-state index < -0.39 is 0 Å². The van der Waals surface area contributed by atoms with E-state index in [1.54, 1.807) is 0 Å². The number of aryl methyl sites for hydroxylation is 2. The number of aromatic nitrogens is 3. The fraction of sp³-hybridized carbons (Fsp3) is 0.533. The van der Waals surface area contributed by atoms with Crippen molar-refractivity contribution in [3.05, 3.63) is 33.5 Å². The van der Waals surface area contributed by atoms with Crippen molar-refractivity contribution in [2.24, 2.45) is 5.92 Å². The fourth-order valence-electron chi connectivity index (χ4n) is 3.16. The topological polar surface area (TPSA) is 51.0 Å². The van der Waals surface area contributed by atoms with Gasteiger partial charge in [-0.3, -0.25) is 4.79 Å². The van der Waals surface area contributed by atoms with E-state index in [9.17, 15) is 4.79 Å². The number of nitrogens with zero attached hydrogens (tertiary/aromatic N) is 4. The van der Waals surface area contributed by atoms with Gasteiger partial charge >= 0.3 is 0 Å². The molecule has 6 heteroatoms. The highest BCUT2D eigenvalue weighted by Gasteiger charge is 2.47. The van der Waals surface area contributed by atoms with Gasteiger partial charge in [-0.25, -0.2) is 0 Å². The van der Waals surface area contributed by atoms with E-state index in [1.165, 1.54) is 9.75 Å². The summed E-state index contributed by atoms with van der Waals surface area (Å²) in [6.45, 7) is 6.27. The molecule has 2 aromatic rings. The highest BCUT2D eigenvalue weighted by atomic mass is 32.1. The molecule has 2 aromatic heterocycles. The van der Waals surface area contributed by atoms with Gasteiger partial charge in [0, 0.05) is 34.7 Å². The van der Waals surface area contributed by atoms with Crippen LogP contribution >= 0.6 is 11.3 Å². The number of hydrogen-bond acceptors (Lipinski definition) is 4. The largest absolute Gasteiger partial charge is 0.333 e. The molecule has 21 heavy (non-hydrogen) atoms. The molecule has 1 aliphatic carbocycles. The molecule has 1 saturated carbocycles. The molecule has 0 spiro atoms. The smallest absolute Gasteiger partial charge is 0.226 e. The van der Waals surface area contributed by atoms with E-state index in [1.807, 2.05) is 23.2 Å². The predicted octanol–water partition coefficient (Wildman–Crippen LogP) is 2.10. The van der Waals surface area contributed by atoms with Gasteiger partial charge in [-0.2, -0.15) is 0 Å². The first-order valence-corrected chi connectivity index (χ1v) is 8.19. The van der Waals surface area contributed by atoms with Gasteiger partial charge in [0.25, 0.3) is 0 Å². The molecule has 110 valence electrons. The summed E-state index contributed by atoms with van der Waals surface area (Å²) in [5, 5.41) is 8.26. The summed E-state index contributed by atoms with van der Waals surface area (Å²) in [5.41, 5.74) is 0. The van der Waals surface area contributed by atoms with E-state index in [-0.39, 0.29) is 11.8 Å². The number of thiophene rings is 1. The number of carbonyl (C=O) groups excluding carboxylic acids is 1. The lowest BCUT2D eigenvalue weighted by atomic mass is 10.2. The second-order valence-corrected chi connectivity index (χ2v) is 7.29. The Hall–Kier alpha value is -1.69. The maximum atomic E-state index is 12.6. The van der Waals surface area contributed by atoms with Crippen LogP contribution in [0.1, 0.15) is 33.7 Å². The monoisotopic (exact) mass is 302 g/mol. The summed E-state index contributed by atoms with van der Waals surface area (Å²) in [6.07, 6.45) is 1.00. The molecule has 5 nitrogen and oxygen atoms in total. The molecule has 0 radical (unpaired) electrons. The van der Waals surface area contributed by atoms with Crippen molar-refractivity contribution in [3.8, 4) is 0 Å². The maximum Gasteiger partial charge on any atom is 0.226 e. The van der Waals surface area contributed by atoms with Crippen molar-refractivity contribution in [1.29, 1.82) is 0 Å². The van der Waals surface area contributed by atoms with Gasteiger partial charge in [-0.05, 0) is 32.4 Å². The van der Waals surface area contributed by atoms with Crippen molar-refractivity contribution < 1.29 is 4.79 Å². The summed E-state index contributed by atoms with van der Waals surface area (Å²) >= 11 is 1.82. The highest BCUT2D eigenvalue weighted by Crippen LogP contribution is 2.50. The van der Waals surface area contributed by atoms with Crippen LogP contribution in [0.4, 0.5) is 0 Å². The molecule has 0 unspecified atom stereocenters. The molecule has 4 rings (SSSR count). The van der Waals surface area contributed by atoms with Crippen LogP contribution in [0.5, 0.6) is 0 Å². The van der Waals surface area contributed by atoms with Gasteiger partial charge in [0.15, 0.2) is 5.82 Å². The van der Waals surface area contributed by atoms with Crippen LogP contribution in [0, 0.1) is 19.8 Å². The summed E-state index contributed by atoms with van der Waals surface area (Å²) in [5.74, 6) is 2.76. The Balaban J connectivity index is 1.45. The van der Waals surface area contributed by atoms with Crippen LogP contribution < -0.4 is 0 Å². The maximum absolute atomic E-state index is 12.6. The Labute approximate surface area is 127 Å². The van der Waals surface area contributed by atoms with E-state index in [4.69, 9.17) is 0 Å². The van der Waals surface area contributed by atoms with E-state index >= 15 is 0 Å². The van der Waals surface area contributed by atoms with Crippen LogP contribution in [0.25, 0.3) is 0 Å². The van der Waals surface area contributed by atoms with E-state index in [0.717, 1.165) is 31.2 Å². The predicted molar refractivity (Wildman–Crippen MR) is 80.1 cm³/mol. The highest BCUT2D eigenvalue weighted by molar-refractivity contribution is 7.12. The summed E-state index contributed by atoms with van der Waals surface area (Å²) < 4.78 is 2.11. The number of fused-ring (bicyclic) bond motifs is 1. The Morgan fingerprint density at radius 3 is 2.90 bits per heavy atom. The zero-order valence-electron chi connectivity index (χ0n) is 12.2. The van der Waals surface area contributed by atoms with Gasteiger partial charge in [0.05, 0.1) is 6.54 Å². The SMILES string of the molecule is Cc1ccc([C@@H]2C[C@H]2C(=O)N2CCn3c(C)nnc3C2)s1. The average molecular weight is 302 g/mol. The first-order chi connectivity index (χ1) is 10.1. The normalized spacial score (nSPS) is 24.0. The molecule has 2 atom stereocenters. The Kier molecular flexibility index (Phi) is 2.89. The Bertz CT molecular complexity index is 704. The van der Waals surface area contributed by atoms with Gasteiger partial charge in [0.2, 0.25) is 5.91 Å². The lowest BCUT2D eigenvalue weighted by molar-refractivity contribution is -0.134. The van der Waals surface area contributed by atoms with Gasteiger partial charge in [-0.15, -0.1) is 21.5 Å². The molecule has 1 amide bonds. The summed E-state index contributed by atoms with van der Waals surface area (Å²) in [7, 11) is 0. The zero-order valence-corrected chi connectivity index (χ0v) is 13.1. The third kappa shape index (κ3) is 2.18. The Morgan fingerprint density at radius 1 is 1.29 bits per heavy atom. The van der Waals surface area contributed by atoms with Crippen molar-refractivity contribution in [2.75, 3.05) is 6.54 Å². The first kappa shape index (κ1) is 13.0. The van der Waals surface area contributed by atoms with E-state index in [0.29, 0.717) is 12.5 Å². The number of amides is 1. The minimum atomic E-state index is 0.179. The molecule has 1 fully saturated rings. The molecule has 0 saturated heterocycles. The molecule has 3 heterocycles. The van der Waals surface area contributed by atoms with Gasteiger partial charge in [-0.1, -0.05) is 0 Å². The van der Waals surface area contributed by atoms with Crippen molar-refractivity contribution in [1.82, 2.24) is 19.7 Å². The minimum absolute atomic E-state index is 0.179. The molecule has 0 N–H and O–H groups in total. The third-order valence-electron chi connectivity index (χ3n) is 4.48. The summed E-state index contributed by atoms with van der Waals surface area (Å²) in [4.78, 5) is 17.3. The molecule has 0 bridgehead atoms. The number of rotatable bonds is 2. The van der Waals surface area contributed by atoms with Crippen LogP contribution in [-0.4, -0.2) is 32.1 Å².